The molecular formula is C10H10O2. The largest absolute Gasteiger partial charge is 0.375 e. The Morgan fingerprint density at radius 1 is 1.17 bits per heavy atom. The van der Waals surface area contributed by atoms with Gasteiger partial charge in [-0.2, -0.15) is 0 Å². The smallest absolute Gasteiger partial charge is 0.140 e. The van der Waals surface area contributed by atoms with Gasteiger partial charge in [-0.3, -0.25) is 0 Å². The molecule has 0 bridgehead atoms. The number of hydrogen-bond acceptors (Lipinski definition) is 2. The Labute approximate surface area is 71.1 Å². The molecule has 0 atom stereocenters. The molecule has 1 aromatic rings. The predicted molar refractivity (Wildman–Crippen MR) is 43.7 cm³/mol. The summed E-state index contributed by atoms with van der Waals surface area (Å²) >= 11 is 0. The van der Waals surface area contributed by atoms with E-state index in [1.54, 1.807) is 0 Å². The van der Waals surface area contributed by atoms with Gasteiger partial charge in [0.15, 0.2) is 0 Å². The summed E-state index contributed by atoms with van der Waals surface area (Å²) in [6.45, 7) is 2.20. The van der Waals surface area contributed by atoms with Crippen molar-refractivity contribution in [2.24, 2.45) is 0 Å². The normalized spacial score (nSPS) is 23.7. The second-order valence-corrected chi connectivity index (χ2v) is 3.43. The molecule has 1 aromatic carbocycles. The van der Waals surface area contributed by atoms with Crippen LogP contribution in [0.15, 0.2) is 24.3 Å². The second kappa shape index (κ2) is 2.09. The second-order valence-electron chi connectivity index (χ2n) is 3.43. The quantitative estimate of drug-likeness (QED) is 0.574. The summed E-state index contributed by atoms with van der Waals surface area (Å²) < 4.78 is 10.9. The van der Waals surface area contributed by atoms with Gasteiger partial charge in [-0.25, -0.2) is 0 Å². The van der Waals surface area contributed by atoms with Crippen LogP contribution in [0.25, 0.3) is 0 Å². The summed E-state index contributed by atoms with van der Waals surface area (Å²) in [5, 5.41) is 0. The Morgan fingerprint density at radius 3 is 2.75 bits per heavy atom. The van der Waals surface area contributed by atoms with Gasteiger partial charge < -0.3 is 9.47 Å². The van der Waals surface area contributed by atoms with E-state index in [0.29, 0.717) is 0 Å². The Balaban J connectivity index is 2.13. The highest BCUT2D eigenvalue weighted by molar-refractivity contribution is 5.36. The minimum atomic E-state index is -0.0728. The van der Waals surface area contributed by atoms with Crippen LogP contribution in [0.4, 0.5) is 0 Å². The molecule has 2 heteroatoms. The SMILES string of the molecule is c1ccc2c(c1)COC21COC1. The summed E-state index contributed by atoms with van der Waals surface area (Å²) in [5.41, 5.74) is 2.58. The van der Waals surface area contributed by atoms with Crippen molar-refractivity contribution < 1.29 is 9.47 Å². The molecule has 0 saturated carbocycles. The Kier molecular flexibility index (Phi) is 1.15. The van der Waals surface area contributed by atoms with E-state index in [0.717, 1.165) is 19.8 Å². The zero-order valence-electron chi connectivity index (χ0n) is 6.75. The molecule has 62 valence electrons. The Hall–Kier alpha value is -0.860. The van der Waals surface area contributed by atoms with Gasteiger partial charge in [-0.05, 0) is 11.1 Å². The van der Waals surface area contributed by atoms with E-state index in [1.807, 2.05) is 0 Å². The molecule has 2 aliphatic rings. The third-order valence-corrected chi connectivity index (χ3v) is 2.68. The van der Waals surface area contributed by atoms with Crippen molar-refractivity contribution in [2.75, 3.05) is 13.2 Å². The van der Waals surface area contributed by atoms with Crippen molar-refractivity contribution in [3.8, 4) is 0 Å². The standard InChI is InChI=1S/C10H10O2/c1-2-4-9-8(3-1)5-12-10(9)6-11-7-10/h1-4H,5-7H2. The van der Waals surface area contributed by atoms with Gasteiger partial charge >= 0.3 is 0 Å². The molecule has 0 aromatic heterocycles. The third kappa shape index (κ3) is 0.667. The molecule has 2 nitrogen and oxygen atoms in total. The number of rotatable bonds is 0. The minimum Gasteiger partial charge on any atom is -0.375 e. The van der Waals surface area contributed by atoms with Crippen molar-refractivity contribution in [3.63, 3.8) is 0 Å². The Morgan fingerprint density at radius 2 is 2.00 bits per heavy atom. The average molecular weight is 162 g/mol. The van der Waals surface area contributed by atoms with Gasteiger partial charge in [0.25, 0.3) is 0 Å². The average Bonchev–Trinajstić information content (AvgIpc) is 2.42. The van der Waals surface area contributed by atoms with Crippen LogP contribution in [0, 0.1) is 0 Å². The van der Waals surface area contributed by atoms with E-state index < -0.39 is 0 Å². The first-order valence-electron chi connectivity index (χ1n) is 4.21. The van der Waals surface area contributed by atoms with E-state index >= 15 is 0 Å². The first-order chi connectivity index (χ1) is 5.91. The van der Waals surface area contributed by atoms with Gasteiger partial charge in [-0.15, -0.1) is 0 Å². The highest BCUT2D eigenvalue weighted by Gasteiger charge is 2.46. The van der Waals surface area contributed by atoms with Crippen LogP contribution in [0.2, 0.25) is 0 Å². The molecule has 2 aliphatic heterocycles. The summed E-state index contributed by atoms with van der Waals surface area (Å²) in [7, 11) is 0. The van der Waals surface area contributed by atoms with Crippen LogP contribution < -0.4 is 0 Å². The lowest BCUT2D eigenvalue weighted by Gasteiger charge is -2.37. The molecule has 1 fully saturated rings. The van der Waals surface area contributed by atoms with Crippen molar-refractivity contribution in [2.45, 2.75) is 12.2 Å². The van der Waals surface area contributed by atoms with Crippen LogP contribution in [-0.4, -0.2) is 13.2 Å². The molecule has 2 heterocycles. The van der Waals surface area contributed by atoms with Crippen molar-refractivity contribution in [1.82, 2.24) is 0 Å². The van der Waals surface area contributed by atoms with Crippen molar-refractivity contribution in [3.05, 3.63) is 35.4 Å². The number of fused-ring (bicyclic) bond motifs is 2. The fourth-order valence-electron chi connectivity index (χ4n) is 1.91. The van der Waals surface area contributed by atoms with Gasteiger partial charge in [-0.1, -0.05) is 24.3 Å². The highest BCUT2D eigenvalue weighted by Crippen LogP contribution is 2.41. The fraction of sp³-hybridized carbons (Fsp3) is 0.400. The minimum absolute atomic E-state index is 0.0728. The maximum Gasteiger partial charge on any atom is 0.140 e. The number of ether oxygens (including phenoxy) is 2. The molecule has 0 radical (unpaired) electrons. The topological polar surface area (TPSA) is 18.5 Å². The first-order valence-corrected chi connectivity index (χ1v) is 4.21. The summed E-state index contributed by atoms with van der Waals surface area (Å²) in [6, 6.07) is 8.39. The van der Waals surface area contributed by atoms with Gasteiger partial charge in [0, 0.05) is 0 Å². The summed E-state index contributed by atoms with van der Waals surface area (Å²) in [5.74, 6) is 0. The molecule has 0 aliphatic carbocycles. The molecule has 0 amide bonds. The van der Waals surface area contributed by atoms with Crippen LogP contribution in [0.3, 0.4) is 0 Å². The first kappa shape index (κ1) is 6.63. The highest BCUT2D eigenvalue weighted by atomic mass is 16.6. The molecule has 12 heavy (non-hydrogen) atoms. The number of benzene rings is 1. The maximum atomic E-state index is 5.72. The molecule has 3 rings (SSSR count). The van der Waals surface area contributed by atoms with E-state index in [4.69, 9.17) is 9.47 Å². The molecule has 1 saturated heterocycles. The molecule has 0 N–H and O–H groups in total. The van der Waals surface area contributed by atoms with E-state index in [1.165, 1.54) is 11.1 Å². The van der Waals surface area contributed by atoms with Gasteiger partial charge in [0.05, 0.1) is 19.8 Å². The third-order valence-electron chi connectivity index (χ3n) is 2.68. The van der Waals surface area contributed by atoms with Crippen LogP contribution >= 0.6 is 0 Å². The lowest BCUT2D eigenvalue weighted by Crippen LogP contribution is -2.46. The number of hydrogen-bond donors (Lipinski definition) is 0. The van der Waals surface area contributed by atoms with E-state index in [2.05, 4.69) is 24.3 Å². The van der Waals surface area contributed by atoms with Crippen LogP contribution in [0.1, 0.15) is 11.1 Å². The van der Waals surface area contributed by atoms with E-state index in [9.17, 15) is 0 Å². The zero-order chi connectivity index (χ0) is 8.02. The van der Waals surface area contributed by atoms with Crippen molar-refractivity contribution in [1.29, 1.82) is 0 Å². The van der Waals surface area contributed by atoms with Crippen LogP contribution in [-0.2, 0) is 21.7 Å². The molecule has 0 unspecified atom stereocenters. The van der Waals surface area contributed by atoms with Crippen LogP contribution in [0.5, 0.6) is 0 Å². The maximum absolute atomic E-state index is 5.72. The summed E-state index contributed by atoms with van der Waals surface area (Å²) in [4.78, 5) is 0. The monoisotopic (exact) mass is 162 g/mol. The predicted octanol–water partition coefficient (Wildman–Crippen LogP) is 1.44. The van der Waals surface area contributed by atoms with Gasteiger partial charge in [0.2, 0.25) is 0 Å². The lowest BCUT2D eigenvalue weighted by atomic mass is 9.91. The van der Waals surface area contributed by atoms with Crippen molar-refractivity contribution >= 4 is 0 Å². The zero-order valence-corrected chi connectivity index (χ0v) is 6.75. The Bertz CT molecular complexity index is 315. The van der Waals surface area contributed by atoms with Gasteiger partial charge in [0.1, 0.15) is 5.60 Å². The fourth-order valence-corrected chi connectivity index (χ4v) is 1.91. The molecular weight excluding hydrogens is 152 g/mol. The molecule has 1 spiro atoms. The lowest BCUT2D eigenvalue weighted by molar-refractivity contribution is -0.209. The summed E-state index contributed by atoms with van der Waals surface area (Å²) in [6.07, 6.45) is 0. The van der Waals surface area contributed by atoms with E-state index in [-0.39, 0.29) is 5.60 Å².